The molecule has 0 aliphatic carbocycles. The first-order valence-electron chi connectivity index (χ1n) is 6.75. The first kappa shape index (κ1) is 15.5. The number of halogens is 1. The molecule has 1 atom stereocenters. The van der Waals surface area contributed by atoms with Gasteiger partial charge in [0, 0.05) is 17.7 Å². The highest BCUT2D eigenvalue weighted by Crippen LogP contribution is 2.22. The molecule has 0 aliphatic rings. The quantitative estimate of drug-likeness (QED) is 0.907. The van der Waals surface area contributed by atoms with Gasteiger partial charge in [-0.3, -0.25) is 4.79 Å². The number of benzene rings is 2. The Morgan fingerprint density at radius 2 is 1.86 bits per heavy atom. The first-order chi connectivity index (χ1) is 10.1. The molecule has 0 saturated carbocycles. The van der Waals surface area contributed by atoms with E-state index in [2.05, 4.69) is 5.32 Å². The number of hydrogen-bond donors (Lipinski definition) is 1. The van der Waals surface area contributed by atoms with Crippen LogP contribution in [0.25, 0.3) is 0 Å². The molecule has 2 rings (SSSR count). The predicted octanol–water partition coefficient (Wildman–Crippen LogP) is 3.98. The van der Waals surface area contributed by atoms with Gasteiger partial charge in [0.25, 0.3) is 5.91 Å². The average Bonchev–Trinajstić information content (AvgIpc) is 2.48. The smallest absolute Gasteiger partial charge is 0.251 e. The minimum absolute atomic E-state index is 0.119. The van der Waals surface area contributed by atoms with Gasteiger partial charge in [-0.25, -0.2) is 0 Å². The molecule has 0 aliphatic heterocycles. The second-order valence-corrected chi connectivity index (χ2v) is 5.25. The van der Waals surface area contributed by atoms with Crippen molar-refractivity contribution < 1.29 is 9.53 Å². The van der Waals surface area contributed by atoms with Gasteiger partial charge in [-0.2, -0.15) is 0 Å². The molecule has 0 fully saturated rings. The molecule has 4 heteroatoms. The molecule has 2 aromatic rings. The molecule has 1 N–H and O–H groups in total. The number of carbonyl (C=O) groups excluding carboxylic acids is 1. The van der Waals surface area contributed by atoms with Gasteiger partial charge in [0.05, 0.1) is 12.6 Å². The molecule has 3 nitrogen and oxygen atoms in total. The summed E-state index contributed by atoms with van der Waals surface area (Å²) in [4.78, 5) is 12.2. The van der Waals surface area contributed by atoms with Crippen LogP contribution in [0.2, 0.25) is 5.02 Å². The zero-order chi connectivity index (χ0) is 15.2. The molecular weight excluding hydrogens is 286 g/mol. The largest absolute Gasteiger partial charge is 0.380 e. The van der Waals surface area contributed by atoms with E-state index in [1.165, 1.54) is 0 Å². The summed E-state index contributed by atoms with van der Waals surface area (Å²) in [6.45, 7) is 2.45. The lowest BCUT2D eigenvalue weighted by atomic mass is 10.1. The maximum Gasteiger partial charge on any atom is 0.251 e. The minimum Gasteiger partial charge on any atom is -0.380 e. The number of hydrogen-bond acceptors (Lipinski definition) is 2. The summed E-state index contributed by atoms with van der Waals surface area (Å²) >= 11 is 6.14. The monoisotopic (exact) mass is 303 g/mol. The van der Waals surface area contributed by atoms with Crippen molar-refractivity contribution in [2.75, 3.05) is 7.11 Å². The van der Waals surface area contributed by atoms with Crippen molar-refractivity contribution in [2.24, 2.45) is 0 Å². The van der Waals surface area contributed by atoms with Crippen molar-refractivity contribution in [1.82, 2.24) is 5.32 Å². The molecule has 0 aromatic heterocycles. The Balaban J connectivity index is 2.05. The molecule has 0 spiro atoms. The third-order valence-electron chi connectivity index (χ3n) is 3.25. The van der Waals surface area contributed by atoms with Crippen LogP contribution in [-0.2, 0) is 11.3 Å². The lowest BCUT2D eigenvalue weighted by molar-refractivity contribution is 0.0940. The Bertz CT molecular complexity index is 610. The Morgan fingerprint density at radius 3 is 2.48 bits per heavy atom. The lowest BCUT2D eigenvalue weighted by Gasteiger charge is -2.15. The number of nitrogens with one attached hydrogen (secondary N) is 1. The second-order valence-electron chi connectivity index (χ2n) is 4.85. The minimum atomic E-state index is -0.148. The molecule has 0 saturated heterocycles. The topological polar surface area (TPSA) is 38.3 Å². The summed E-state index contributed by atoms with van der Waals surface area (Å²) in [5, 5.41) is 3.60. The SMILES string of the molecule is COCc1ccc(C(=O)NC(C)c2ccccc2Cl)cc1. The number of methoxy groups -OCH3 is 1. The van der Waals surface area contributed by atoms with E-state index in [0.29, 0.717) is 17.2 Å². The van der Waals surface area contributed by atoms with Gasteiger partial charge < -0.3 is 10.1 Å². The van der Waals surface area contributed by atoms with Crippen molar-refractivity contribution in [3.8, 4) is 0 Å². The fourth-order valence-electron chi connectivity index (χ4n) is 2.10. The number of rotatable bonds is 5. The van der Waals surface area contributed by atoms with E-state index in [-0.39, 0.29) is 11.9 Å². The van der Waals surface area contributed by atoms with E-state index < -0.39 is 0 Å². The van der Waals surface area contributed by atoms with Crippen LogP contribution < -0.4 is 5.32 Å². The van der Waals surface area contributed by atoms with Gasteiger partial charge in [-0.1, -0.05) is 41.9 Å². The van der Waals surface area contributed by atoms with Gasteiger partial charge in [0.15, 0.2) is 0 Å². The molecule has 2 aromatic carbocycles. The molecule has 21 heavy (non-hydrogen) atoms. The summed E-state index contributed by atoms with van der Waals surface area (Å²) in [6, 6.07) is 14.7. The van der Waals surface area contributed by atoms with Crippen molar-refractivity contribution in [1.29, 1.82) is 0 Å². The molecule has 1 amide bonds. The molecule has 0 heterocycles. The van der Waals surface area contributed by atoms with Crippen LogP contribution in [0.4, 0.5) is 0 Å². The van der Waals surface area contributed by atoms with Crippen molar-refractivity contribution in [3.63, 3.8) is 0 Å². The number of amides is 1. The van der Waals surface area contributed by atoms with E-state index in [1.54, 1.807) is 19.2 Å². The van der Waals surface area contributed by atoms with Gasteiger partial charge in [0.1, 0.15) is 0 Å². The van der Waals surface area contributed by atoms with Crippen molar-refractivity contribution in [2.45, 2.75) is 19.6 Å². The Labute approximate surface area is 129 Å². The van der Waals surface area contributed by atoms with Crippen LogP contribution in [0.5, 0.6) is 0 Å². The zero-order valence-electron chi connectivity index (χ0n) is 12.1. The van der Waals surface area contributed by atoms with E-state index in [1.807, 2.05) is 43.3 Å². The Hall–Kier alpha value is -1.84. The normalized spacial score (nSPS) is 12.0. The lowest BCUT2D eigenvalue weighted by Crippen LogP contribution is -2.26. The van der Waals surface area contributed by atoms with Crippen LogP contribution >= 0.6 is 11.6 Å². The van der Waals surface area contributed by atoms with Crippen LogP contribution in [0.1, 0.15) is 34.5 Å². The molecule has 0 bridgehead atoms. The molecule has 0 radical (unpaired) electrons. The van der Waals surface area contributed by atoms with E-state index >= 15 is 0 Å². The Kier molecular flexibility index (Phi) is 5.37. The standard InChI is InChI=1S/C17H18ClNO2/c1-12(15-5-3-4-6-16(15)18)19-17(20)14-9-7-13(8-10-14)11-21-2/h3-10,12H,11H2,1-2H3,(H,19,20). The van der Waals surface area contributed by atoms with Gasteiger partial charge in [-0.15, -0.1) is 0 Å². The van der Waals surface area contributed by atoms with Crippen LogP contribution in [-0.4, -0.2) is 13.0 Å². The van der Waals surface area contributed by atoms with Crippen LogP contribution in [0.3, 0.4) is 0 Å². The highest BCUT2D eigenvalue weighted by atomic mass is 35.5. The predicted molar refractivity (Wildman–Crippen MR) is 84.5 cm³/mol. The van der Waals surface area contributed by atoms with E-state index in [0.717, 1.165) is 11.1 Å². The number of carbonyl (C=O) groups is 1. The zero-order valence-corrected chi connectivity index (χ0v) is 12.9. The fourth-order valence-corrected chi connectivity index (χ4v) is 2.40. The molecule has 1 unspecified atom stereocenters. The first-order valence-corrected chi connectivity index (χ1v) is 7.12. The summed E-state index contributed by atoms with van der Waals surface area (Å²) < 4.78 is 5.05. The van der Waals surface area contributed by atoms with Crippen LogP contribution in [0.15, 0.2) is 48.5 Å². The number of ether oxygens (including phenoxy) is 1. The fraction of sp³-hybridized carbons (Fsp3) is 0.235. The second kappa shape index (κ2) is 7.25. The average molecular weight is 304 g/mol. The molecular formula is C17H18ClNO2. The third-order valence-corrected chi connectivity index (χ3v) is 3.59. The maximum atomic E-state index is 12.2. The van der Waals surface area contributed by atoms with Crippen molar-refractivity contribution in [3.05, 3.63) is 70.2 Å². The van der Waals surface area contributed by atoms with Gasteiger partial charge in [-0.05, 0) is 36.2 Å². The van der Waals surface area contributed by atoms with Gasteiger partial charge >= 0.3 is 0 Å². The maximum absolute atomic E-state index is 12.2. The summed E-state index contributed by atoms with van der Waals surface area (Å²) in [5.41, 5.74) is 2.56. The highest BCUT2D eigenvalue weighted by Gasteiger charge is 2.13. The Morgan fingerprint density at radius 1 is 1.19 bits per heavy atom. The van der Waals surface area contributed by atoms with E-state index in [4.69, 9.17) is 16.3 Å². The van der Waals surface area contributed by atoms with Gasteiger partial charge in [0.2, 0.25) is 0 Å². The summed E-state index contributed by atoms with van der Waals surface area (Å²) in [7, 11) is 1.64. The van der Waals surface area contributed by atoms with E-state index in [9.17, 15) is 4.79 Å². The van der Waals surface area contributed by atoms with Crippen molar-refractivity contribution >= 4 is 17.5 Å². The molecule has 110 valence electrons. The summed E-state index contributed by atoms with van der Waals surface area (Å²) in [6.07, 6.45) is 0. The summed E-state index contributed by atoms with van der Waals surface area (Å²) in [5.74, 6) is -0.119. The highest BCUT2D eigenvalue weighted by molar-refractivity contribution is 6.31. The third kappa shape index (κ3) is 4.06. The van der Waals surface area contributed by atoms with Crippen LogP contribution in [0, 0.1) is 0 Å².